The highest BCUT2D eigenvalue weighted by molar-refractivity contribution is 6.27. The van der Waals surface area contributed by atoms with Gasteiger partial charge < -0.3 is 4.74 Å². The lowest BCUT2D eigenvalue weighted by Crippen LogP contribution is -2.24. The quantitative estimate of drug-likeness (QED) is 0.601. The van der Waals surface area contributed by atoms with Crippen molar-refractivity contribution in [2.75, 3.05) is 6.61 Å². The van der Waals surface area contributed by atoms with E-state index in [1.807, 2.05) is 0 Å². The summed E-state index contributed by atoms with van der Waals surface area (Å²) in [4.78, 5) is 24.8. The predicted octanol–water partition coefficient (Wildman–Crippen LogP) is 2.34. The Labute approximate surface area is 105 Å². The molecule has 1 atom stereocenters. The monoisotopic (exact) mass is 240 g/mol. The number of carbonyl (C=O) groups excluding carboxylic acids is 2. The summed E-state index contributed by atoms with van der Waals surface area (Å²) in [6.45, 7) is 4.17. The molecule has 0 saturated carbocycles. The van der Waals surface area contributed by atoms with Gasteiger partial charge in [-0.25, -0.2) is 0 Å². The SMILES string of the molecule is C=CCC1=C(C2CO2)C(=O)c2ccccc2C1=O. The Morgan fingerprint density at radius 2 is 1.83 bits per heavy atom. The smallest absolute Gasteiger partial charge is 0.192 e. The second kappa shape index (κ2) is 4.03. The van der Waals surface area contributed by atoms with Crippen molar-refractivity contribution in [2.45, 2.75) is 12.5 Å². The Morgan fingerprint density at radius 3 is 2.39 bits per heavy atom. The van der Waals surface area contributed by atoms with E-state index in [9.17, 15) is 9.59 Å². The van der Waals surface area contributed by atoms with Gasteiger partial charge in [-0.3, -0.25) is 9.59 Å². The summed E-state index contributed by atoms with van der Waals surface area (Å²) in [6.07, 6.45) is 1.86. The van der Waals surface area contributed by atoms with Gasteiger partial charge in [-0.05, 0) is 6.42 Å². The zero-order valence-electron chi connectivity index (χ0n) is 9.81. The largest absolute Gasteiger partial charge is 0.368 e. The average Bonchev–Trinajstić information content (AvgIpc) is 3.20. The van der Waals surface area contributed by atoms with Crippen LogP contribution in [0, 0.1) is 0 Å². The number of rotatable bonds is 3. The normalized spacial score (nSPS) is 21.9. The molecule has 1 aromatic rings. The number of allylic oxidation sites excluding steroid dienone is 2. The lowest BCUT2D eigenvalue weighted by Gasteiger charge is -2.19. The molecule has 0 N–H and O–H groups in total. The molecule has 1 aliphatic heterocycles. The highest BCUT2D eigenvalue weighted by Crippen LogP contribution is 2.34. The number of carbonyl (C=O) groups is 2. The molecule has 0 bridgehead atoms. The molecular formula is C15H12O3. The number of hydrogen-bond donors (Lipinski definition) is 0. The third-order valence-electron chi connectivity index (χ3n) is 3.26. The van der Waals surface area contributed by atoms with Gasteiger partial charge in [0, 0.05) is 22.3 Å². The van der Waals surface area contributed by atoms with Crippen LogP contribution in [0.4, 0.5) is 0 Å². The van der Waals surface area contributed by atoms with Crippen LogP contribution in [0.15, 0.2) is 48.1 Å². The van der Waals surface area contributed by atoms with Crippen LogP contribution < -0.4 is 0 Å². The van der Waals surface area contributed by atoms with Crippen molar-refractivity contribution in [3.8, 4) is 0 Å². The minimum Gasteiger partial charge on any atom is -0.368 e. The molecule has 3 heteroatoms. The molecule has 1 aliphatic carbocycles. The molecule has 3 nitrogen and oxygen atoms in total. The van der Waals surface area contributed by atoms with Gasteiger partial charge in [-0.2, -0.15) is 0 Å². The van der Waals surface area contributed by atoms with Crippen molar-refractivity contribution in [3.05, 3.63) is 59.2 Å². The van der Waals surface area contributed by atoms with Crippen LogP contribution in [0.5, 0.6) is 0 Å². The van der Waals surface area contributed by atoms with Gasteiger partial charge in [0.05, 0.1) is 6.61 Å². The number of Topliss-reactive ketones (excluding diaryl/α,β-unsaturated/α-hetero) is 2. The fourth-order valence-electron chi connectivity index (χ4n) is 2.35. The van der Waals surface area contributed by atoms with Crippen LogP contribution in [0.2, 0.25) is 0 Å². The zero-order valence-corrected chi connectivity index (χ0v) is 9.81. The molecule has 1 fully saturated rings. The van der Waals surface area contributed by atoms with Crippen molar-refractivity contribution < 1.29 is 14.3 Å². The molecule has 18 heavy (non-hydrogen) atoms. The molecule has 3 rings (SSSR count). The van der Waals surface area contributed by atoms with Crippen molar-refractivity contribution in [1.82, 2.24) is 0 Å². The molecule has 0 spiro atoms. The standard InChI is InChI=1S/C15H12O3/c1-2-5-11-13(12-8-18-12)15(17)10-7-4-3-6-9(10)14(11)16/h2-4,6-7,12H,1,5,8H2. The van der Waals surface area contributed by atoms with Gasteiger partial charge in [-0.1, -0.05) is 30.3 Å². The summed E-state index contributed by atoms with van der Waals surface area (Å²) in [6, 6.07) is 6.94. The van der Waals surface area contributed by atoms with E-state index in [-0.39, 0.29) is 17.7 Å². The Balaban J connectivity index is 2.19. The van der Waals surface area contributed by atoms with Gasteiger partial charge in [-0.15, -0.1) is 6.58 Å². The van der Waals surface area contributed by atoms with E-state index in [4.69, 9.17) is 4.74 Å². The summed E-state index contributed by atoms with van der Waals surface area (Å²) in [5.41, 5.74) is 2.04. The van der Waals surface area contributed by atoms with E-state index >= 15 is 0 Å². The number of benzene rings is 1. The highest BCUT2D eigenvalue weighted by Gasteiger charge is 2.40. The highest BCUT2D eigenvalue weighted by atomic mass is 16.6. The van der Waals surface area contributed by atoms with Crippen LogP contribution in [-0.4, -0.2) is 24.3 Å². The van der Waals surface area contributed by atoms with E-state index in [2.05, 4.69) is 6.58 Å². The molecule has 0 aromatic heterocycles. The van der Waals surface area contributed by atoms with Crippen LogP contribution >= 0.6 is 0 Å². The van der Waals surface area contributed by atoms with Gasteiger partial charge in [0.25, 0.3) is 0 Å². The molecule has 1 aromatic carbocycles. The van der Waals surface area contributed by atoms with Crippen LogP contribution in [0.1, 0.15) is 27.1 Å². The number of epoxide rings is 1. The van der Waals surface area contributed by atoms with Gasteiger partial charge in [0.1, 0.15) is 6.10 Å². The van der Waals surface area contributed by atoms with Crippen LogP contribution in [0.25, 0.3) is 0 Å². The number of hydrogen-bond acceptors (Lipinski definition) is 3. The summed E-state index contributed by atoms with van der Waals surface area (Å²) < 4.78 is 5.19. The minimum absolute atomic E-state index is 0.0735. The minimum atomic E-state index is -0.204. The van der Waals surface area contributed by atoms with E-state index in [1.165, 1.54) is 0 Å². The van der Waals surface area contributed by atoms with E-state index in [0.29, 0.717) is 35.3 Å². The van der Waals surface area contributed by atoms with Crippen LogP contribution in [-0.2, 0) is 4.74 Å². The first-order valence-electron chi connectivity index (χ1n) is 5.88. The summed E-state index contributed by atoms with van der Waals surface area (Å²) in [5.74, 6) is -0.153. The number of ether oxygens (including phenoxy) is 1. The van der Waals surface area contributed by atoms with Crippen molar-refractivity contribution in [1.29, 1.82) is 0 Å². The summed E-state index contributed by atoms with van der Waals surface area (Å²) in [5, 5.41) is 0. The Kier molecular flexibility index (Phi) is 2.49. The Morgan fingerprint density at radius 1 is 1.22 bits per heavy atom. The lowest BCUT2D eigenvalue weighted by molar-refractivity contribution is 0.0967. The Bertz CT molecular complexity index is 592. The molecule has 90 valence electrons. The van der Waals surface area contributed by atoms with E-state index in [1.54, 1.807) is 30.3 Å². The predicted molar refractivity (Wildman–Crippen MR) is 66.7 cm³/mol. The van der Waals surface area contributed by atoms with Crippen molar-refractivity contribution in [3.63, 3.8) is 0 Å². The average molecular weight is 240 g/mol. The number of ketones is 2. The third-order valence-corrected chi connectivity index (χ3v) is 3.26. The van der Waals surface area contributed by atoms with Gasteiger partial charge in [0.15, 0.2) is 11.6 Å². The van der Waals surface area contributed by atoms with Crippen molar-refractivity contribution in [2.24, 2.45) is 0 Å². The fourth-order valence-corrected chi connectivity index (χ4v) is 2.35. The zero-order chi connectivity index (χ0) is 12.7. The molecule has 2 aliphatic rings. The summed E-state index contributed by atoms with van der Waals surface area (Å²) >= 11 is 0. The molecular weight excluding hydrogens is 228 g/mol. The molecule has 0 radical (unpaired) electrons. The lowest BCUT2D eigenvalue weighted by atomic mass is 9.81. The molecule has 0 amide bonds. The third kappa shape index (κ3) is 1.56. The van der Waals surface area contributed by atoms with E-state index in [0.717, 1.165) is 0 Å². The first-order valence-corrected chi connectivity index (χ1v) is 5.88. The second-order valence-corrected chi connectivity index (χ2v) is 4.41. The maximum absolute atomic E-state index is 12.4. The van der Waals surface area contributed by atoms with Gasteiger partial charge in [0.2, 0.25) is 0 Å². The maximum atomic E-state index is 12.4. The maximum Gasteiger partial charge on any atom is 0.192 e. The summed E-state index contributed by atoms with van der Waals surface area (Å²) in [7, 11) is 0. The second-order valence-electron chi connectivity index (χ2n) is 4.41. The molecule has 1 unspecified atom stereocenters. The topological polar surface area (TPSA) is 46.7 Å². The van der Waals surface area contributed by atoms with Crippen molar-refractivity contribution >= 4 is 11.6 Å². The van der Waals surface area contributed by atoms with Crippen LogP contribution in [0.3, 0.4) is 0 Å². The first-order chi connectivity index (χ1) is 8.74. The fraction of sp³-hybridized carbons (Fsp3) is 0.200. The molecule has 1 heterocycles. The Hall–Kier alpha value is -2.00. The number of fused-ring (bicyclic) bond motifs is 1. The first kappa shape index (κ1) is 11.1. The van der Waals surface area contributed by atoms with E-state index < -0.39 is 0 Å². The van der Waals surface area contributed by atoms with Gasteiger partial charge >= 0.3 is 0 Å². The molecule has 1 saturated heterocycles.